The van der Waals surface area contributed by atoms with Crippen LogP contribution in [0.3, 0.4) is 0 Å². The fraction of sp³-hybridized carbons (Fsp3) is 0.647. The molecule has 0 saturated carbocycles. The fourth-order valence-corrected chi connectivity index (χ4v) is 3.91. The first kappa shape index (κ1) is 15.3. The summed E-state index contributed by atoms with van der Waals surface area (Å²) in [5.74, 6) is 0.600. The molecule has 0 aromatic heterocycles. The van der Waals surface area contributed by atoms with Gasteiger partial charge in [0.05, 0.1) is 5.60 Å². The van der Waals surface area contributed by atoms with Gasteiger partial charge in [0.15, 0.2) is 0 Å². The van der Waals surface area contributed by atoms with Gasteiger partial charge in [-0.05, 0) is 56.3 Å². The van der Waals surface area contributed by atoms with Crippen molar-refractivity contribution < 1.29 is 9.47 Å². The number of nitrogens with one attached hydrogen (secondary N) is 1. The van der Waals surface area contributed by atoms with Crippen molar-refractivity contribution in [1.82, 2.24) is 5.32 Å². The first-order valence-corrected chi connectivity index (χ1v) is 8.25. The molecule has 2 aliphatic heterocycles. The van der Waals surface area contributed by atoms with Crippen LogP contribution in [0.25, 0.3) is 0 Å². The van der Waals surface area contributed by atoms with Crippen LogP contribution >= 0.6 is 11.6 Å². The van der Waals surface area contributed by atoms with Crippen LogP contribution in [0, 0.1) is 5.92 Å². The Balaban J connectivity index is 1.75. The Morgan fingerprint density at radius 3 is 2.57 bits per heavy atom. The average Bonchev–Trinajstić information content (AvgIpc) is 2.51. The van der Waals surface area contributed by atoms with Gasteiger partial charge in [0.2, 0.25) is 0 Å². The Bertz CT molecular complexity index is 451. The molecule has 2 aliphatic rings. The molecule has 2 fully saturated rings. The average molecular weight is 310 g/mol. The van der Waals surface area contributed by atoms with E-state index in [1.54, 1.807) is 0 Å². The maximum absolute atomic E-state index is 6.16. The van der Waals surface area contributed by atoms with Gasteiger partial charge in [0.25, 0.3) is 0 Å². The first-order valence-electron chi connectivity index (χ1n) is 7.87. The minimum absolute atomic E-state index is 0.0443. The number of rotatable bonds is 3. The molecule has 116 valence electrons. The van der Waals surface area contributed by atoms with Crippen LogP contribution in [0.4, 0.5) is 0 Å². The Labute approximate surface area is 132 Å². The van der Waals surface area contributed by atoms with Gasteiger partial charge < -0.3 is 14.8 Å². The molecule has 1 spiro atoms. The van der Waals surface area contributed by atoms with E-state index < -0.39 is 0 Å². The highest BCUT2D eigenvalue weighted by atomic mass is 35.5. The summed E-state index contributed by atoms with van der Waals surface area (Å²) < 4.78 is 11.7. The van der Waals surface area contributed by atoms with Gasteiger partial charge in [-0.3, -0.25) is 0 Å². The van der Waals surface area contributed by atoms with E-state index >= 15 is 0 Å². The lowest BCUT2D eigenvalue weighted by molar-refractivity contribution is -0.150. The zero-order chi connectivity index (χ0) is 14.7. The second-order valence-electron chi connectivity index (χ2n) is 6.21. The molecule has 0 radical (unpaired) electrons. The van der Waals surface area contributed by atoms with Crippen LogP contribution in [0.2, 0.25) is 5.02 Å². The monoisotopic (exact) mass is 309 g/mol. The molecule has 0 aliphatic carbocycles. The topological polar surface area (TPSA) is 30.5 Å². The third-order valence-electron chi connectivity index (χ3n) is 4.95. The summed E-state index contributed by atoms with van der Waals surface area (Å²) in [6, 6.07) is 8.59. The van der Waals surface area contributed by atoms with Crippen molar-refractivity contribution in [3.8, 4) is 0 Å². The lowest BCUT2D eigenvalue weighted by atomic mass is 9.76. The standard InChI is InChI=1S/C17H24ClNO2/c1-19-16(13-2-4-15(18)5-3-13)14-6-9-21-17(12-14)7-10-20-11-8-17/h2-5,14,16,19H,6-12H2,1H3. The highest BCUT2D eigenvalue weighted by Crippen LogP contribution is 2.41. The lowest BCUT2D eigenvalue weighted by Gasteiger charge is -2.45. The largest absolute Gasteiger partial charge is 0.381 e. The normalized spacial score (nSPS) is 26.7. The Morgan fingerprint density at radius 2 is 1.90 bits per heavy atom. The van der Waals surface area contributed by atoms with Crippen LogP contribution in [0.1, 0.15) is 37.3 Å². The van der Waals surface area contributed by atoms with E-state index in [1.165, 1.54) is 5.56 Å². The lowest BCUT2D eigenvalue weighted by Crippen LogP contribution is -2.46. The molecule has 1 N–H and O–H groups in total. The van der Waals surface area contributed by atoms with Crippen molar-refractivity contribution in [2.75, 3.05) is 26.9 Å². The molecule has 21 heavy (non-hydrogen) atoms. The maximum Gasteiger partial charge on any atom is 0.0729 e. The smallest absolute Gasteiger partial charge is 0.0729 e. The molecule has 2 saturated heterocycles. The van der Waals surface area contributed by atoms with Crippen molar-refractivity contribution in [2.24, 2.45) is 5.92 Å². The highest BCUT2D eigenvalue weighted by molar-refractivity contribution is 6.30. The Kier molecular flexibility index (Phi) is 4.85. The summed E-state index contributed by atoms with van der Waals surface area (Å²) in [5.41, 5.74) is 1.36. The van der Waals surface area contributed by atoms with Gasteiger partial charge >= 0.3 is 0 Å². The maximum atomic E-state index is 6.16. The van der Waals surface area contributed by atoms with Crippen molar-refractivity contribution in [2.45, 2.75) is 37.3 Å². The van der Waals surface area contributed by atoms with Crippen LogP contribution < -0.4 is 5.32 Å². The number of halogens is 1. The molecule has 1 aromatic rings. The van der Waals surface area contributed by atoms with Gasteiger partial charge in [0, 0.05) is 30.9 Å². The quantitative estimate of drug-likeness (QED) is 0.926. The summed E-state index contributed by atoms with van der Waals surface area (Å²) in [6.07, 6.45) is 4.28. The van der Waals surface area contributed by atoms with Crippen LogP contribution in [0.15, 0.2) is 24.3 Å². The molecule has 3 nitrogen and oxygen atoms in total. The molecule has 2 unspecified atom stereocenters. The summed E-state index contributed by atoms with van der Waals surface area (Å²) in [6.45, 7) is 2.52. The molecule has 0 bridgehead atoms. The van der Waals surface area contributed by atoms with E-state index in [2.05, 4.69) is 17.4 Å². The zero-order valence-corrected chi connectivity index (χ0v) is 13.4. The van der Waals surface area contributed by atoms with Crippen molar-refractivity contribution in [3.05, 3.63) is 34.9 Å². The summed E-state index contributed by atoms with van der Waals surface area (Å²) in [7, 11) is 2.05. The van der Waals surface area contributed by atoms with Gasteiger partial charge in [-0.25, -0.2) is 0 Å². The van der Waals surface area contributed by atoms with Gasteiger partial charge in [-0.1, -0.05) is 23.7 Å². The van der Waals surface area contributed by atoms with E-state index in [0.29, 0.717) is 12.0 Å². The number of hydrogen-bond acceptors (Lipinski definition) is 3. The molecule has 2 heterocycles. The second-order valence-corrected chi connectivity index (χ2v) is 6.65. The van der Waals surface area contributed by atoms with E-state index in [1.807, 2.05) is 19.2 Å². The minimum Gasteiger partial charge on any atom is -0.381 e. The molecule has 1 aromatic carbocycles. The third-order valence-corrected chi connectivity index (χ3v) is 5.20. The van der Waals surface area contributed by atoms with Crippen LogP contribution in [-0.2, 0) is 9.47 Å². The van der Waals surface area contributed by atoms with Crippen molar-refractivity contribution >= 4 is 11.6 Å². The van der Waals surface area contributed by atoms with E-state index in [-0.39, 0.29) is 5.60 Å². The predicted octanol–water partition coefficient (Wildman–Crippen LogP) is 3.58. The molecule has 3 rings (SSSR count). The van der Waals surface area contributed by atoms with Gasteiger partial charge in [0.1, 0.15) is 0 Å². The predicted molar refractivity (Wildman–Crippen MR) is 84.7 cm³/mol. The molecular formula is C17H24ClNO2. The number of benzene rings is 1. The first-order chi connectivity index (χ1) is 10.2. The SMILES string of the molecule is CNC(c1ccc(Cl)cc1)C1CCOC2(CCOCC2)C1. The highest BCUT2D eigenvalue weighted by Gasteiger charge is 2.41. The Morgan fingerprint density at radius 1 is 1.19 bits per heavy atom. The number of hydrogen-bond donors (Lipinski definition) is 1. The summed E-state index contributed by atoms with van der Waals surface area (Å²) in [4.78, 5) is 0. The van der Waals surface area contributed by atoms with Crippen molar-refractivity contribution in [1.29, 1.82) is 0 Å². The summed E-state index contributed by atoms with van der Waals surface area (Å²) in [5, 5.41) is 4.29. The molecule has 0 amide bonds. The van der Waals surface area contributed by atoms with Gasteiger partial charge in [-0.2, -0.15) is 0 Å². The zero-order valence-electron chi connectivity index (χ0n) is 12.6. The second kappa shape index (κ2) is 6.66. The molecular weight excluding hydrogens is 286 g/mol. The van der Waals surface area contributed by atoms with E-state index in [9.17, 15) is 0 Å². The minimum atomic E-state index is 0.0443. The Hall–Kier alpha value is -0.610. The van der Waals surface area contributed by atoms with E-state index in [0.717, 1.165) is 50.5 Å². The number of ether oxygens (including phenoxy) is 2. The fourth-order valence-electron chi connectivity index (χ4n) is 3.79. The summed E-state index contributed by atoms with van der Waals surface area (Å²) >= 11 is 6.01. The van der Waals surface area contributed by atoms with Crippen LogP contribution in [-0.4, -0.2) is 32.5 Å². The third kappa shape index (κ3) is 3.42. The van der Waals surface area contributed by atoms with Gasteiger partial charge in [-0.15, -0.1) is 0 Å². The van der Waals surface area contributed by atoms with Crippen LogP contribution in [0.5, 0.6) is 0 Å². The van der Waals surface area contributed by atoms with Crippen molar-refractivity contribution in [3.63, 3.8) is 0 Å². The molecule has 2 atom stereocenters. The molecule has 4 heteroatoms. The van der Waals surface area contributed by atoms with E-state index in [4.69, 9.17) is 21.1 Å².